The zero-order valence-corrected chi connectivity index (χ0v) is 11.3. The van der Waals surface area contributed by atoms with Crippen molar-refractivity contribution in [2.45, 2.75) is 45.1 Å². The lowest BCUT2D eigenvalue weighted by Gasteiger charge is -2.20. The highest BCUT2D eigenvalue weighted by molar-refractivity contribution is 5.14. The summed E-state index contributed by atoms with van der Waals surface area (Å²) in [6.45, 7) is 3.41. The second-order valence-corrected chi connectivity index (χ2v) is 5.96. The molecular formula is C16H24N2. The summed E-state index contributed by atoms with van der Waals surface area (Å²) in [7, 11) is 0. The van der Waals surface area contributed by atoms with Gasteiger partial charge < -0.3 is 5.32 Å². The Labute approximate surface area is 110 Å². The number of pyridine rings is 1. The topological polar surface area (TPSA) is 24.9 Å². The Bertz CT molecular complexity index is 366. The molecule has 0 saturated heterocycles. The molecule has 0 aliphatic heterocycles. The van der Waals surface area contributed by atoms with Gasteiger partial charge in [0.15, 0.2) is 0 Å². The molecule has 2 aliphatic carbocycles. The van der Waals surface area contributed by atoms with Crippen molar-refractivity contribution in [1.29, 1.82) is 0 Å². The molecule has 0 amide bonds. The van der Waals surface area contributed by atoms with Crippen LogP contribution >= 0.6 is 0 Å². The third-order valence-corrected chi connectivity index (χ3v) is 4.77. The van der Waals surface area contributed by atoms with E-state index >= 15 is 0 Å². The molecule has 2 aliphatic rings. The van der Waals surface area contributed by atoms with Crippen LogP contribution < -0.4 is 5.32 Å². The van der Waals surface area contributed by atoms with E-state index in [-0.39, 0.29) is 0 Å². The molecule has 2 saturated carbocycles. The second-order valence-electron chi connectivity index (χ2n) is 5.96. The van der Waals surface area contributed by atoms with Crippen LogP contribution in [-0.2, 0) is 6.42 Å². The van der Waals surface area contributed by atoms with E-state index in [2.05, 4.69) is 29.4 Å². The maximum atomic E-state index is 4.24. The van der Waals surface area contributed by atoms with Gasteiger partial charge in [-0.3, -0.25) is 4.98 Å². The minimum absolute atomic E-state index is 0.685. The van der Waals surface area contributed by atoms with Crippen molar-refractivity contribution in [2.75, 3.05) is 6.54 Å². The van der Waals surface area contributed by atoms with Gasteiger partial charge in [0.1, 0.15) is 0 Å². The minimum atomic E-state index is 0.685. The van der Waals surface area contributed by atoms with E-state index in [1.54, 1.807) is 0 Å². The number of rotatable bonds is 6. The van der Waals surface area contributed by atoms with Crippen LogP contribution in [-0.4, -0.2) is 17.6 Å². The molecule has 98 valence electrons. The first-order valence-electron chi connectivity index (χ1n) is 7.52. The van der Waals surface area contributed by atoms with E-state index < -0.39 is 0 Å². The number of hydrogen-bond acceptors (Lipinski definition) is 2. The molecule has 2 fully saturated rings. The van der Waals surface area contributed by atoms with E-state index in [9.17, 15) is 0 Å². The van der Waals surface area contributed by atoms with Gasteiger partial charge in [-0.05, 0) is 61.6 Å². The zero-order valence-electron chi connectivity index (χ0n) is 11.3. The molecule has 1 heterocycles. The molecule has 0 spiro atoms. The number of nitrogens with zero attached hydrogens (tertiary/aromatic N) is 1. The summed E-state index contributed by atoms with van der Waals surface area (Å²) in [5, 5.41) is 3.78. The first-order chi connectivity index (χ1) is 8.90. The standard InChI is InChI=1S/C16H24N2/c1-2-8-18-15(10-12-5-4-9-17-11-12)16-13-6-3-7-14(13)16/h4-5,9,11,13-16,18H,2-3,6-8,10H2,1H3. The molecule has 1 aromatic rings. The fourth-order valence-electron chi connectivity index (χ4n) is 3.92. The Morgan fingerprint density at radius 3 is 2.89 bits per heavy atom. The van der Waals surface area contributed by atoms with Gasteiger partial charge in [0.05, 0.1) is 0 Å². The molecule has 0 radical (unpaired) electrons. The van der Waals surface area contributed by atoms with Crippen molar-refractivity contribution in [1.82, 2.24) is 10.3 Å². The van der Waals surface area contributed by atoms with Crippen molar-refractivity contribution < 1.29 is 0 Å². The molecule has 2 nitrogen and oxygen atoms in total. The summed E-state index contributed by atoms with van der Waals surface area (Å²) in [6.07, 6.45) is 10.7. The third kappa shape index (κ3) is 2.44. The monoisotopic (exact) mass is 244 g/mol. The predicted molar refractivity (Wildman–Crippen MR) is 74.3 cm³/mol. The largest absolute Gasteiger partial charge is 0.313 e. The smallest absolute Gasteiger partial charge is 0.0300 e. The lowest BCUT2D eigenvalue weighted by atomic mass is 9.98. The average molecular weight is 244 g/mol. The van der Waals surface area contributed by atoms with Gasteiger partial charge in [0.25, 0.3) is 0 Å². The number of hydrogen-bond donors (Lipinski definition) is 1. The van der Waals surface area contributed by atoms with Crippen LogP contribution in [0.15, 0.2) is 24.5 Å². The molecule has 1 N–H and O–H groups in total. The van der Waals surface area contributed by atoms with Gasteiger partial charge in [0, 0.05) is 18.4 Å². The van der Waals surface area contributed by atoms with Gasteiger partial charge in [-0.25, -0.2) is 0 Å². The van der Waals surface area contributed by atoms with Crippen LogP contribution in [0, 0.1) is 17.8 Å². The fraction of sp³-hybridized carbons (Fsp3) is 0.688. The Morgan fingerprint density at radius 2 is 2.22 bits per heavy atom. The lowest BCUT2D eigenvalue weighted by Crippen LogP contribution is -2.35. The number of fused-ring (bicyclic) bond motifs is 1. The summed E-state index contributed by atoms with van der Waals surface area (Å²) in [5.74, 6) is 3.03. The summed E-state index contributed by atoms with van der Waals surface area (Å²) in [6, 6.07) is 4.95. The zero-order chi connectivity index (χ0) is 12.4. The number of aromatic nitrogens is 1. The maximum absolute atomic E-state index is 4.24. The van der Waals surface area contributed by atoms with Crippen molar-refractivity contribution >= 4 is 0 Å². The normalized spacial score (nSPS) is 31.1. The van der Waals surface area contributed by atoms with Gasteiger partial charge in [-0.15, -0.1) is 0 Å². The minimum Gasteiger partial charge on any atom is -0.313 e. The van der Waals surface area contributed by atoms with E-state index in [0.717, 1.165) is 30.7 Å². The molecule has 0 bridgehead atoms. The Kier molecular flexibility index (Phi) is 3.64. The van der Waals surface area contributed by atoms with Crippen LogP contribution in [0.2, 0.25) is 0 Å². The summed E-state index contributed by atoms with van der Waals surface area (Å²) >= 11 is 0. The highest BCUT2D eigenvalue weighted by Gasteiger charge is 2.55. The Balaban J connectivity index is 1.63. The van der Waals surface area contributed by atoms with E-state index in [4.69, 9.17) is 0 Å². The van der Waals surface area contributed by atoms with Gasteiger partial charge >= 0.3 is 0 Å². The Morgan fingerprint density at radius 1 is 1.39 bits per heavy atom. The molecule has 1 aromatic heterocycles. The average Bonchev–Trinajstić information content (AvgIpc) is 2.88. The predicted octanol–water partition coefficient (Wildman–Crippen LogP) is 3.04. The van der Waals surface area contributed by atoms with Crippen LogP contribution in [0.25, 0.3) is 0 Å². The van der Waals surface area contributed by atoms with E-state index in [1.807, 2.05) is 12.4 Å². The van der Waals surface area contributed by atoms with Crippen molar-refractivity contribution in [3.05, 3.63) is 30.1 Å². The van der Waals surface area contributed by atoms with Crippen LogP contribution in [0.3, 0.4) is 0 Å². The Hall–Kier alpha value is -0.890. The second kappa shape index (κ2) is 5.40. The molecular weight excluding hydrogens is 220 g/mol. The highest BCUT2D eigenvalue weighted by Crippen LogP contribution is 2.59. The van der Waals surface area contributed by atoms with Gasteiger partial charge in [0.2, 0.25) is 0 Å². The van der Waals surface area contributed by atoms with Gasteiger partial charge in [-0.2, -0.15) is 0 Å². The maximum Gasteiger partial charge on any atom is 0.0300 e. The third-order valence-electron chi connectivity index (χ3n) is 4.77. The molecule has 3 rings (SSSR count). The SMILES string of the molecule is CCCNC(Cc1cccnc1)C1C2CCCC21. The van der Waals surface area contributed by atoms with E-state index in [1.165, 1.54) is 31.2 Å². The van der Waals surface area contributed by atoms with Crippen LogP contribution in [0.5, 0.6) is 0 Å². The van der Waals surface area contributed by atoms with E-state index in [0.29, 0.717) is 6.04 Å². The van der Waals surface area contributed by atoms with Crippen LogP contribution in [0.4, 0.5) is 0 Å². The summed E-state index contributed by atoms with van der Waals surface area (Å²) in [4.78, 5) is 4.24. The van der Waals surface area contributed by atoms with Crippen molar-refractivity contribution in [3.63, 3.8) is 0 Å². The molecule has 2 heteroatoms. The molecule has 3 unspecified atom stereocenters. The van der Waals surface area contributed by atoms with Crippen molar-refractivity contribution in [2.24, 2.45) is 17.8 Å². The lowest BCUT2D eigenvalue weighted by molar-refractivity contribution is 0.403. The quantitative estimate of drug-likeness (QED) is 0.832. The summed E-state index contributed by atoms with van der Waals surface area (Å²) in [5.41, 5.74) is 1.39. The number of nitrogens with one attached hydrogen (secondary N) is 1. The first-order valence-corrected chi connectivity index (χ1v) is 7.52. The fourth-order valence-corrected chi connectivity index (χ4v) is 3.92. The molecule has 3 atom stereocenters. The highest BCUT2D eigenvalue weighted by atomic mass is 14.9. The first kappa shape index (κ1) is 12.2. The van der Waals surface area contributed by atoms with Crippen molar-refractivity contribution in [3.8, 4) is 0 Å². The molecule has 18 heavy (non-hydrogen) atoms. The molecule has 0 aromatic carbocycles. The summed E-state index contributed by atoms with van der Waals surface area (Å²) < 4.78 is 0. The van der Waals surface area contributed by atoms with Gasteiger partial charge in [-0.1, -0.05) is 19.4 Å². The van der Waals surface area contributed by atoms with Crippen LogP contribution in [0.1, 0.15) is 38.2 Å².